The van der Waals surface area contributed by atoms with Gasteiger partial charge in [-0.25, -0.2) is 0 Å². The number of hydrogen-bond acceptors (Lipinski definition) is 3. The number of methoxy groups -OCH3 is 1. The molecule has 0 atom stereocenters. The van der Waals surface area contributed by atoms with Crippen molar-refractivity contribution < 1.29 is 9.53 Å². The Balaban J connectivity index is 2.14. The Labute approximate surface area is 115 Å². The van der Waals surface area contributed by atoms with E-state index in [1.165, 1.54) is 5.56 Å². The Kier molecular flexibility index (Phi) is 6.97. The van der Waals surface area contributed by atoms with Gasteiger partial charge in [0.25, 0.3) is 0 Å². The van der Waals surface area contributed by atoms with Crippen molar-refractivity contribution in [3.05, 3.63) is 29.8 Å². The van der Waals surface area contributed by atoms with Crippen LogP contribution in [0.4, 0.5) is 0 Å². The number of benzene rings is 1. The van der Waals surface area contributed by atoms with Crippen molar-refractivity contribution in [3.63, 3.8) is 0 Å². The molecule has 19 heavy (non-hydrogen) atoms. The molecular formula is C15H24N2O2. The summed E-state index contributed by atoms with van der Waals surface area (Å²) in [7, 11) is 1.66. The summed E-state index contributed by atoms with van der Waals surface area (Å²) in [5.74, 6) is 1.46. The molecule has 1 aromatic carbocycles. The van der Waals surface area contributed by atoms with Crippen LogP contribution in [0.2, 0.25) is 0 Å². The van der Waals surface area contributed by atoms with Gasteiger partial charge in [0.1, 0.15) is 5.75 Å². The molecule has 0 saturated carbocycles. The van der Waals surface area contributed by atoms with Crippen LogP contribution in [-0.4, -0.2) is 26.1 Å². The zero-order valence-corrected chi connectivity index (χ0v) is 12.0. The lowest BCUT2D eigenvalue weighted by molar-refractivity contribution is -0.121. The molecule has 1 aromatic rings. The lowest BCUT2D eigenvalue weighted by atomic mass is 10.2. The van der Waals surface area contributed by atoms with Gasteiger partial charge in [-0.1, -0.05) is 26.0 Å². The van der Waals surface area contributed by atoms with Crippen LogP contribution in [-0.2, 0) is 11.3 Å². The maximum atomic E-state index is 11.5. The SMILES string of the molecule is COc1ccc(CNCCC(=O)NCC(C)C)cc1. The molecule has 0 unspecified atom stereocenters. The van der Waals surface area contributed by atoms with Gasteiger partial charge in [0.2, 0.25) is 5.91 Å². The first-order chi connectivity index (χ1) is 9.11. The summed E-state index contributed by atoms with van der Waals surface area (Å²) in [6, 6.07) is 7.91. The molecule has 0 bridgehead atoms. The van der Waals surface area contributed by atoms with E-state index in [9.17, 15) is 4.79 Å². The van der Waals surface area contributed by atoms with Crippen LogP contribution >= 0.6 is 0 Å². The molecular weight excluding hydrogens is 240 g/mol. The van der Waals surface area contributed by atoms with Crippen molar-refractivity contribution in [1.29, 1.82) is 0 Å². The van der Waals surface area contributed by atoms with Gasteiger partial charge in [0.15, 0.2) is 0 Å². The van der Waals surface area contributed by atoms with Crippen molar-refractivity contribution in [3.8, 4) is 5.75 Å². The van der Waals surface area contributed by atoms with Crippen molar-refractivity contribution >= 4 is 5.91 Å². The maximum Gasteiger partial charge on any atom is 0.221 e. The largest absolute Gasteiger partial charge is 0.497 e. The molecule has 0 heterocycles. The molecule has 1 amide bonds. The summed E-state index contributed by atoms with van der Waals surface area (Å²) < 4.78 is 5.10. The Morgan fingerprint density at radius 2 is 1.95 bits per heavy atom. The summed E-state index contributed by atoms with van der Waals surface area (Å²) in [5.41, 5.74) is 1.18. The first-order valence-electron chi connectivity index (χ1n) is 6.72. The van der Waals surface area contributed by atoms with Crippen molar-refractivity contribution in [2.45, 2.75) is 26.8 Å². The molecule has 106 valence electrons. The molecule has 0 aliphatic rings. The van der Waals surface area contributed by atoms with Crippen molar-refractivity contribution in [1.82, 2.24) is 10.6 Å². The number of ether oxygens (including phenoxy) is 1. The zero-order chi connectivity index (χ0) is 14.1. The van der Waals surface area contributed by atoms with Crippen molar-refractivity contribution in [2.24, 2.45) is 5.92 Å². The standard InChI is InChI=1S/C15H24N2O2/c1-12(2)10-17-15(18)8-9-16-11-13-4-6-14(19-3)7-5-13/h4-7,12,16H,8-11H2,1-3H3,(H,17,18). The number of amides is 1. The minimum absolute atomic E-state index is 0.107. The second-order valence-electron chi connectivity index (χ2n) is 4.97. The maximum absolute atomic E-state index is 11.5. The Bertz CT molecular complexity index is 374. The van der Waals surface area contributed by atoms with Gasteiger partial charge in [-0.2, -0.15) is 0 Å². The first-order valence-corrected chi connectivity index (χ1v) is 6.72. The monoisotopic (exact) mass is 264 g/mol. The molecule has 0 fully saturated rings. The van der Waals surface area contributed by atoms with Crippen LogP contribution < -0.4 is 15.4 Å². The van der Waals surface area contributed by atoms with Gasteiger partial charge in [-0.15, -0.1) is 0 Å². The molecule has 1 rings (SSSR count). The highest BCUT2D eigenvalue weighted by molar-refractivity contribution is 5.76. The van der Waals surface area contributed by atoms with Crippen LogP contribution in [0, 0.1) is 5.92 Å². The van der Waals surface area contributed by atoms with Crippen LogP contribution in [0.15, 0.2) is 24.3 Å². The van der Waals surface area contributed by atoms with E-state index in [0.717, 1.165) is 18.8 Å². The minimum Gasteiger partial charge on any atom is -0.497 e. The lowest BCUT2D eigenvalue weighted by Crippen LogP contribution is -2.30. The fourth-order valence-corrected chi connectivity index (χ4v) is 1.58. The normalized spacial score (nSPS) is 10.5. The minimum atomic E-state index is 0.107. The van der Waals surface area contributed by atoms with E-state index < -0.39 is 0 Å². The smallest absolute Gasteiger partial charge is 0.221 e. The van der Waals surface area contributed by atoms with E-state index in [0.29, 0.717) is 18.9 Å². The van der Waals surface area contributed by atoms with Gasteiger partial charge < -0.3 is 15.4 Å². The Morgan fingerprint density at radius 3 is 2.53 bits per heavy atom. The highest BCUT2D eigenvalue weighted by Gasteiger charge is 2.01. The molecule has 0 saturated heterocycles. The molecule has 0 aliphatic carbocycles. The average Bonchev–Trinajstić information content (AvgIpc) is 2.42. The fraction of sp³-hybridized carbons (Fsp3) is 0.533. The van der Waals surface area contributed by atoms with Gasteiger partial charge in [-0.05, 0) is 23.6 Å². The third kappa shape index (κ3) is 6.82. The predicted molar refractivity (Wildman–Crippen MR) is 77.2 cm³/mol. The van der Waals surface area contributed by atoms with Crippen molar-refractivity contribution in [2.75, 3.05) is 20.2 Å². The summed E-state index contributed by atoms with van der Waals surface area (Å²) in [6.07, 6.45) is 0.517. The average molecular weight is 264 g/mol. The van der Waals surface area contributed by atoms with Crippen LogP contribution in [0.1, 0.15) is 25.8 Å². The zero-order valence-electron chi connectivity index (χ0n) is 12.0. The quantitative estimate of drug-likeness (QED) is 0.706. The van der Waals surface area contributed by atoms with Crippen LogP contribution in [0.25, 0.3) is 0 Å². The summed E-state index contributed by atoms with van der Waals surface area (Å²) >= 11 is 0. The van der Waals surface area contributed by atoms with E-state index in [-0.39, 0.29) is 5.91 Å². The topological polar surface area (TPSA) is 50.4 Å². The van der Waals surface area contributed by atoms with Gasteiger partial charge in [0, 0.05) is 26.1 Å². The van der Waals surface area contributed by atoms with Crippen LogP contribution in [0.3, 0.4) is 0 Å². The second kappa shape index (κ2) is 8.53. The number of rotatable bonds is 8. The Hall–Kier alpha value is -1.55. The third-order valence-electron chi connectivity index (χ3n) is 2.72. The molecule has 4 nitrogen and oxygen atoms in total. The molecule has 2 N–H and O–H groups in total. The highest BCUT2D eigenvalue weighted by atomic mass is 16.5. The van der Waals surface area contributed by atoms with E-state index in [1.54, 1.807) is 7.11 Å². The summed E-state index contributed by atoms with van der Waals surface area (Å²) in [5, 5.41) is 6.16. The van der Waals surface area contributed by atoms with E-state index in [4.69, 9.17) is 4.74 Å². The van der Waals surface area contributed by atoms with Gasteiger partial charge >= 0.3 is 0 Å². The lowest BCUT2D eigenvalue weighted by Gasteiger charge is -2.08. The third-order valence-corrected chi connectivity index (χ3v) is 2.72. The molecule has 0 radical (unpaired) electrons. The second-order valence-corrected chi connectivity index (χ2v) is 4.97. The summed E-state index contributed by atoms with van der Waals surface area (Å²) in [6.45, 7) is 6.37. The van der Waals surface area contributed by atoms with Gasteiger partial charge in [-0.3, -0.25) is 4.79 Å². The van der Waals surface area contributed by atoms with E-state index >= 15 is 0 Å². The predicted octanol–water partition coefficient (Wildman–Crippen LogP) is 1.95. The number of carbonyl (C=O) groups excluding carboxylic acids is 1. The van der Waals surface area contributed by atoms with Crippen LogP contribution in [0.5, 0.6) is 5.75 Å². The molecule has 0 spiro atoms. The number of hydrogen-bond donors (Lipinski definition) is 2. The van der Waals surface area contributed by atoms with E-state index in [2.05, 4.69) is 24.5 Å². The van der Waals surface area contributed by atoms with E-state index in [1.807, 2.05) is 24.3 Å². The van der Waals surface area contributed by atoms with Gasteiger partial charge in [0.05, 0.1) is 7.11 Å². The summed E-state index contributed by atoms with van der Waals surface area (Å²) in [4.78, 5) is 11.5. The number of carbonyl (C=O) groups is 1. The highest BCUT2D eigenvalue weighted by Crippen LogP contribution is 2.10. The molecule has 0 aromatic heterocycles. The number of nitrogens with one attached hydrogen (secondary N) is 2. The molecule has 4 heteroatoms. The fourth-order valence-electron chi connectivity index (χ4n) is 1.58. The molecule has 0 aliphatic heterocycles. The first kappa shape index (κ1) is 15.5. The Morgan fingerprint density at radius 1 is 1.26 bits per heavy atom.